The van der Waals surface area contributed by atoms with E-state index in [0.29, 0.717) is 17.5 Å². The number of aromatic nitrogens is 4. The predicted molar refractivity (Wildman–Crippen MR) is 237 cm³/mol. The number of rotatable bonds is 5. The monoisotopic (exact) mass is 756 g/mol. The quantitative estimate of drug-likeness (QED) is 0.163. The van der Waals surface area contributed by atoms with Crippen LogP contribution in [0.2, 0.25) is 26.2 Å². The van der Waals surface area contributed by atoms with Gasteiger partial charge < -0.3 is 4.90 Å². The third-order valence-electron chi connectivity index (χ3n) is 11.5. The fraction of sp³-hybridized carbons (Fsp3) is 0.0833. The third kappa shape index (κ3) is 5.36. The topological polar surface area (TPSA) is 58.0 Å². The molecule has 0 unspecified atom stereocenters. The number of fused-ring (bicyclic) bond motifs is 4. The molecule has 8 heteroatoms. The van der Waals surface area contributed by atoms with Crippen LogP contribution in [0.15, 0.2) is 170 Å². The van der Waals surface area contributed by atoms with Gasteiger partial charge in [-0.2, -0.15) is 0 Å². The molecular weight excluding hydrogens is 717 g/mol. The zero-order valence-corrected chi connectivity index (χ0v) is 33.8. The van der Waals surface area contributed by atoms with Crippen LogP contribution in [0.5, 0.6) is 0 Å². The molecular formula is C48H40N6Si2. The molecule has 6 nitrogen and oxygen atoms in total. The zero-order valence-electron chi connectivity index (χ0n) is 31.8. The highest BCUT2D eigenvalue weighted by Gasteiger charge is 2.41. The zero-order chi connectivity index (χ0) is 38.0. The molecule has 270 valence electrons. The van der Waals surface area contributed by atoms with Gasteiger partial charge in [0, 0.05) is 33.9 Å². The summed E-state index contributed by atoms with van der Waals surface area (Å²) in [6.45, 7) is 9.79. The molecule has 2 aliphatic rings. The lowest BCUT2D eigenvalue weighted by atomic mass is 10.1. The minimum Gasteiger partial charge on any atom is -0.309 e. The van der Waals surface area contributed by atoms with Gasteiger partial charge in [-0.15, -0.1) is 0 Å². The van der Waals surface area contributed by atoms with Crippen LogP contribution in [0.1, 0.15) is 0 Å². The molecule has 10 rings (SSSR count). The number of para-hydroxylation sites is 4. The van der Waals surface area contributed by atoms with Gasteiger partial charge >= 0.3 is 0 Å². The summed E-state index contributed by atoms with van der Waals surface area (Å²) >= 11 is 0. The standard InChI is InChI=1S/C48H40N6Si2/c1-55(2)41-27-15-11-23-37(41)53(38-24-12-16-28-42(38)55)35-31-36(47-51-45(33-19-7-5-8-20-33)50-46(52-47)34-21-9-6-10-22-34)48(49-32-35)54-39-25-13-17-29-43(39)56(3,4)44-30-18-14-26-40(44)54/h5-32H,1-4H3. The summed E-state index contributed by atoms with van der Waals surface area (Å²) in [6.07, 6.45) is 2.03. The van der Waals surface area contributed by atoms with E-state index in [2.05, 4.69) is 163 Å². The van der Waals surface area contributed by atoms with Gasteiger partial charge in [0.05, 0.1) is 17.4 Å². The summed E-state index contributed by atoms with van der Waals surface area (Å²) in [4.78, 5) is 25.9. The fourth-order valence-electron chi connectivity index (χ4n) is 8.69. The van der Waals surface area contributed by atoms with Crippen molar-refractivity contribution in [3.63, 3.8) is 0 Å². The van der Waals surface area contributed by atoms with E-state index in [1.807, 2.05) is 42.6 Å². The summed E-state index contributed by atoms with van der Waals surface area (Å²) in [5.41, 5.74) is 8.29. The second-order valence-corrected chi connectivity index (χ2v) is 24.2. The van der Waals surface area contributed by atoms with Crippen molar-refractivity contribution < 1.29 is 0 Å². The van der Waals surface area contributed by atoms with Gasteiger partial charge in [0.15, 0.2) is 17.5 Å². The minimum absolute atomic E-state index is 0.562. The minimum atomic E-state index is -2.06. The Kier molecular flexibility index (Phi) is 7.95. The molecule has 2 aliphatic heterocycles. The first-order valence-corrected chi connectivity index (χ1v) is 25.2. The van der Waals surface area contributed by atoms with Crippen LogP contribution in [0.3, 0.4) is 0 Å². The van der Waals surface area contributed by atoms with Crippen molar-refractivity contribution >= 4 is 71.1 Å². The number of hydrogen-bond donors (Lipinski definition) is 0. The first kappa shape index (κ1) is 34.0. The normalized spacial score (nSPS) is 14.6. The maximum absolute atomic E-state index is 5.50. The van der Waals surface area contributed by atoms with Crippen LogP contribution in [-0.4, -0.2) is 36.1 Å². The summed E-state index contributed by atoms with van der Waals surface area (Å²) in [6, 6.07) is 58.0. The van der Waals surface area contributed by atoms with Gasteiger partial charge in [0.25, 0.3) is 0 Å². The first-order chi connectivity index (χ1) is 27.3. The smallest absolute Gasteiger partial charge is 0.167 e. The van der Waals surface area contributed by atoms with Gasteiger partial charge in [0.2, 0.25) is 0 Å². The SMILES string of the molecule is C[Si]1(C)c2ccccc2N(c2cnc(N3c4ccccc4[Si](C)(C)c4ccccc43)c(-c3nc(-c4ccccc4)nc(-c4ccccc4)n3)c2)c2ccccc21. The Morgan fingerprint density at radius 2 is 0.750 bits per heavy atom. The summed E-state index contributed by atoms with van der Waals surface area (Å²) < 4.78 is 0. The van der Waals surface area contributed by atoms with Crippen LogP contribution in [0, 0.1) is 0 Å². The van der Waals surface area contributed by atoms with Crippen LogP contribution in [0.4, 0.5) is 34.3 Å². The Labute approximate surface area is 329 Å². The van der Waals surface area contributed by atoms with Crippen molar-refractivity contribution in [1.29, 1.82) is 0 Å². The Morgan fingerprint density at radius 3 is 1.18 bits per heavy atom. The van der Waals surface area contributed by atoms with E-state index in [9.17, 15) is 0 Å². The number of pyridine rings is 1. The number of anilines is 6. The maximum Gasteiger partial charge on any atom is 0.167 e. The molecule has 0 radical (unpaired) electrons. The van der Waals surface area contributed by atoms with Crippen molar-refractivity contribution in [2.75, 3.05) is 9.80 Å². The van der Waals surface area contributed by atoms with Gasteiger partial charge in [0.1, 0.15) is 22.0 Å². The van der Waals surface area contributed by atoms with Crippen LogP contribution in [-0.2, 0) is 0 Å². The van der Waals surface area contributed by atoms with Crippen molar-refractivity contribution in [1.82, 2.24) is 19.9 Å². The summed E-state index contributed by atoms with van der Waals surface area (Å²) in [7, 11) is -4.06. The van der Waals surface area contributed by atoms with E-state index >= 15 is 0 Å². The molecule has 0 saturated carbocycles. The molecule has 0 aliphatic carbocycles. The van der Waals surface area contributed by atoms with E-state index in [1.54, 1.807) is 0 Å². The third-order valence-corrected chi connectivity index (χ3v) is 18.6. The predicted octanol–water partition coefficient (Wildman–Crippen LogP) is 9.48. The molecule has 0 spiro atoms. The lowest BCUT2D eigenvalue weighted by molar-refractivity contribution is 1.06. The van der Waals surface area contributed by atoms with Gasteiger partial charge in [-0.3, -0.25) is 4.90 Å². The average molecular weight is 757 g/mol. The highest BCUT2D eigenvalue weighted by molar-refractivity contribution is 7.03. The molecule has 4 heterocycles. The van der Waals surface area contributed by atoms with Crippen molar-refractivity contribution in [3.05, 3.63) is 170 Å². The van der Waals surface area contributed by atoms with Gasteiger partial charge in [-0.25, -0.2) is 19.9 Å². The molecule has 2 aromatic heterocycles. The largest absolute Gasteiger partial charge is 0.309 e. The van der Waals surface area contributed by atoms with E-state index in [1.165, 1.54) is 32.1 Å². The van der Waals surface area contributed by atoms with Crippen molar-refractivity contribution in [3.8, 4) is 34.2 Å². The van der Waals surface area contributed by atoms with Crippen molar-refractivity contribution in [2.24, 2.45) is 0 Å². The number of nitrogens with zero attached hydrogens (tertiary/aromatic N) is 6. The van der Waals surface area contributed by atoms with Crippen molar-refractivity contribution in [2.45, 2.75) is 26.2 Å². The van der Waals surface area contributed by atoms with E-state index in [0.717, 1.165) is 39.6 Å². The molecule has 0 fully saturated rings. The Hall–Kier alpha value is -6.49. The molecule has 56 heavy (non-hydrogen) atoms. The molecule has 0 bridgehead atoms. The highest BCUT2D eigenvalue weighted by atomic mass is 28.3. The summed E-state index contributed by atoms with van der Waals surface area (Å²) in [5, 5.41) is 5.53. The van der Waals surface area contributed by atoms with E-state index in [-0.39, 0.29) is 0 Å². The Morgan fingerprint density at radius 1 is 0.393 bits per heavy atom. The Bertz CT molecular complexity index is 2630. The Balaban J connectivity index is 1.28. The van der Waals surface area contributed by atoms with Crippen LogP contribution < -0.4 is 30.5 Å². The number of benzene rings is 6. The average Bonchev–Trinajstić information content (AvgIpc) is 3.25. The molecule has 6 aromatic carbocycles. The van der Waals surface area contributed by atoms with Crippen LogP contribution >= 0.6 is 0 Å². The highest BCUT2D eigenvalue weighted by Crippen LogP contribution is 2.45. The van der Waals surface area contributed by atoms with Gasteiger partial charge in [-0.05, 0) is 51.1 Å². The molecule has 0 saturated heterocycles. The second kappa shape index (κ2) is 13.1. The van der Waals surface area contributed by atoms with Crippen LogP contribution in [0.25, 0.3) is 34.2 Å². The van der Waals surface area contributed by atoms with E-state index < -0.39 is 16.1 Å². The summed E-state index contributed by atoms with van der Waals surface area (Å²) in [5.74, 6) is 2.56. The maximum atomic E-state index is 5.50. The lowest BCUT2D eigenvalue weighted by Crippen LogP contribution is -2.58. The molecule has 0 amide bonds. The van der Waals surface area contributed by atoms with Gasteiger partial charge in [-0.1, -0.05) is 160 Å². The fourth-order valence-corrected chi connectivity index (χ4v) is 14.7. The lowest BCUT2D eigenvalue weighted by Gasteiger charge is -2.42. The number of hydrogen-bond acceptors (Lipinski definition) is 6. The molecule has 0 atom stereocenters. The molecule has 8 aromatic rings. The molecule has 0 N–H and O–H groups in total. The van der Waals surface area contributed by atoms with E-state index in [4.69, 9.17) is 19.9 Å². The first-order valence-electron chi connectivity index (χ1n) is 19.2. The second-order valence-electron chi connectivity index (χ2n) is 15.6.